The topological polar surface area (TPSA) is 29.5 Å². The van der Waals surface area contributed by atoms with Gasteiger partial charge in [-0.25, -0.2) is 9.18 Å². The maximum Gasteiger partial charge on any atom is 0.342 e. The van der Waals surface area contributed by atoms with Crippen molar-refractivity contribution in [1.29, 1.82) is 0 Å². The molecule has 106 valence electrons. The minimum atomic E-state index is -1.60. The van der Waals surface area contributed by atoms with Gasteiger partial charge in [0.15, 0.2) is 0 Å². The number of carbonyl (C=O) groups excluding carboxylic acids is 1. The van der Waals surface area contributed by atoms with E-state index in [1.807, 2.05) is 35.2 Å². The number of unbranched alkanes of at least 4 members (excludes halogenated alkanes) is 1. The zero-order valence-corrected chi connectivity index (χ0v) is 11.6. The van der Waals surface area contributed by atoms with Gasteiger partial charge in [0.05, 0.1) is 13.2 Å². The molecule has 19 heavy (non-hydrogen) atoms. The summed E-state index contributed by atoms with van der Waals surface area (Å²) in [6.07, 6.45) is 0.390. The van der Waals surface area contributed by atoms with Crippen molar-refractivity contribution in [2.45, 2.75) is 32.9 Å². The molecule has 0 N–H and O–H groups in total. The summed E-state index contributed by atoms with van der Waals surface area (Å²) < 4.78 is 18.5. The van der Waals surface area contributed by atoms with Gasteiger partial charge in [-0.05, 0) is 25.5 Å². The first-order valence-corrected chi connectivity index (χ1v) is 6.79. The molecule has 0 fully saturated rings. The smallest absolute Gasteiger partial charge is 0.342 e. The Balaban J connectivity index is 2.67. The molecule has 1 aromatic carbocycles. The zero-order chi connectivity index (χ0) is 14.1. The average molecular weight is 267 g/mol. The molecular formula is C15H22FNO2. The van der Waals surface area contributed by atoms with Gasteiger partial charge in [-0.15, -0.1) is 0 Å². The van der Waals surface area contributed by atoms with Crippen molar-refractivity contribution in [3.05, 3.63) is 30.3 Å². The van der Waals surface area contributed by atoms with Crippen LogP contribution in [0.1, 0.15) is 26.7 Å². The molecule has 0 aliphatic rings. The number of anilines is 1. The van der Waals surface area contributed by atoms with Gasteiger partial charge in [0, 0.05) is 12.2 Å². The summed E-state index contributed by atoms with van der Waals surface area (Å²) in [5.41, 5.74) is 0.933. The van der Waals surface area contributed by atoms with Gasteiger partial charge in [-0.3, -0.25) is 0 Å². The average Bonchev–Trinajstić information content (AvgIpc) is 2.44. The Bertz CT molecular complexity index is 370. The summed E-state index contributed by atoms with van der Waals surface area (Å²) in [6, 6.07) is 9.58. The first-order valence-electron chi connectivity index (χ1n) is 6.79. The van der Waals surface area contributed by atoms with Crippen LogP contribution in [-0.2, 0) is 9.53 Å². The number of rotatable bonds is 8. The standard InChI is InChI=1S/C15H22FNO2/c1-3-5-11-17(13-9-7-6-8-10-13)12-14(16)15(18)19-4-2/h6-10,14H,3-5,11-12H2,1-2H3. The summed E-state index contributed by atoms with van der Waals surface area (Å²) in [5, 5.41) is 0. The van der Waals surface area contributed by atoms with Crippen LogP contribution in [0.15, 0.2) is 30.3 Å². The number of alkyl halides is 1. The van der Waals surface area contributed by atoms with Crippen LogP contribution in [-0.4, -0.2) is 31.8 Å². The Labute approximate surface area is 114 Å². The number of para-hydroxylation sites is 1. The largest absolute Gasteiger partial charge is 0.464 e. The molecule has 3 nitrogen and oxygen atoms in total. The first kappa shape index (κ1) is 15.5. The van der Waals surface area contributed by atoms with Crippen LogP contribution in [0, 0.1) is 0 Å². The summed E-state index contributed by atoms with van der Waals surface area (Å²) in [5.74, 6) is -0.778. The van der Waals surface area contributed by atoms with E-state index in [1.54, 1.807) is 6.92 Å². The van der Waals surface area contributed by atoms with E-state index in [0.29, 0.717) is 0 Å². The van der Waals surface area contributed by atoms with Crippen LogP contribution in [0.4, 0.5) is 10.1 Å². The fourth-order valence-corrected chi connectivity index (χ4v) is 1.81. The van der Waals surface area contributed by atoms with E-state index in [9.17, 15) is 9.18 Å². The highest BCUT2D eigenvalue weighted by Crippen LogP contribution is 2.15. The molecule has 0 saturated carbocycles. The number of halogens is 1. The Hall–Kier alpha value is -1.58. The Morgan fingerprint density at radius 3 is 2.58 bits per heavy atom. The third-order valence-electron chi connectivity index (χ3n) is 2.83. The molecular weight excluding hydrogens is 245 g/mol. The van der Waals surface area contributed by atoms with Gasteiger partial charge in [0.1, 0.15) is 0 Å². The second-order valence-corrected chi connectivity index (χ2v) is 4.35. The highest BCUT2D eigenvalue weighted by molar-refractivity contribution is 5.75. The minimum Gasteiger partial charge on any atom is -0.464 e. The van der Waals surface area contributed by atoms with Crippen molar-refractivity contribution in [3.8, 4) is 0 Å². The van der Waals surface area contributed by atoms with E-state index in [2.05, 4.69) is 6.92 Å². The van der Waals surface area contributed by atoms with E-state index >= 15 is 0 Å². The van der Waals surface area contributed by atoms with Crippen LogP contribution in [0.2, 0.25) is 0 Å². The van der Waals surface area contributed by atoms with Gasteiger partial charge in [-0.1, -0.05) is 31.5 Å². The lowest BCUT2D eigenvalue weighted by Crippen LogP contribution is -2.36. The summed E-state index contributed by atoms with van der Waals surface area (Å²) >= 11 is 0. The number of carbonyl (C=O) groups is 1. The highest BCUT2D eigenvalue weighted by Gasteiger charge is 2.22. The number of hydrogen-bond donors (Lipinski definition) is 0. The van der Waals surface area contributed by atoms with Crippen LogP contribution in [0.5, 0.6) is 0 Å². The lowest BCUT2D eigenvalue weighted by atomic mass is 10.2. The first-order chi connectivity index (χ1) is 9.19. The Kier molecular flexibility index (Phi) is 6.93. The zero-order valence-electron chi connectivity index (χ0n) is 11.6. The van der Waals surface area contributed by atoms with E-state index in [1.165, 1.54) is 0 Å². The van der Waals surface area contributed by atoms with Crippen molar-refractivity contribution < 1.29 is 13.9 Å². The van der Waals surface area contributed by atoms with Crippen LogP contribution in [0.3, 0.4) is 0 Å². The molecule has 1 aromatic rings. The second-order valence-electron chi connectivity index (χ2n) is 4.35. The van der Waals surface area contributed by atoms with Crippen LogP contribution >= 0.6 is 0 Å². The molecule has 4 heteroatoms. The van der Waals surface area contributed by atoms with Crippen LogP contribution in [0.25, 0.3) is 0 Å². The predicted octanol–water partition coefficient (Wildman–Crippen LogP) is 3.19. The Morgan fingerprint density at radius 1 is 1.32 bits per heavy atom. The minimum absolute atomic E-state index is 0.0445. The lowest BCUT2D eigenvalue weighted by molar-refractivity contribution is -0.148. The Morgan fingerprint density at radius 2 is 2.00 bits per heavy atom. The van der Waals surface area contributed by atoms with E-state index in [4.69, 9.17) is 4.74 Å². The SMILES string of the molecule is CCCCN(CC(F)C(=O)OCC)c1ccccc1. The summed E-state index contributed by atoms with van der Waals surface area (Å²) in [7, 11) is 0. The molecule has 1 atom stereocenters. The van der Waals surface area contributed by atoms with Gasteiger partial charge in [-0.2, -0.15) is 0 Å². The molecule has 0 aromatic heterocycles. The van der Waals surface area contributed by atoms with Gasteiger partial charge >= 0.3 is 5.97 Å². The monoisotopic (exact) mass is 267 g/mol. The summed E-state index contributed by atoms with van der Waals surface area (Å²) in [6.45, 7) is 4.75. The lowest BCUT2D eigenvalue weighted by Gasteiger charge is -2.25. The molecule has 1 unspecified atom stereocenters. The number of hydrogen-bond acceptors (Lipinski definition) is 3. The van der Waals surface area contributed by atoms with E-state index in [-0.39, 0.29) is 13.2 Å². The van der Waals surface area contributed by atoms with Crippen molar-refractivity contribution in [3.63, 3.8) is 0 Å². The fourth-order valence-electron chi connectivity index (χ4n) is 1.81. The maximum atomic E-state index is 13.8. The number of benzene rings is 1. The molecule has 1 rings (SSSR count). The van der Waals surface area contributed by atoms with Crippen molar-refractivity contribution >= 4 is 11.7 Å². The molecule has 0 amide bonds. The van der Waals surface area contributed by atoms with Gasteiger partial charge in [0.2, 0.25) is 6.17 Å². The highest BCUT2D eigenvalue weighted by atomic mass is 19.1. The quantitative estimate of drug-likeness (QED) is 0.677. The number of esters is 1. The number of ether oxygens (including phenoxy) is 1. The molecule has 0 saturated heterocycles. The van der Waals surface area contributed by atoms with Crippen molar-refractivity contribution in [2.75, 3.05) is 24.6 Å². The normalized spacial score (nSPS) is 11.9. The number of nitrogens with zero attached hydrogens (tertiary/aromatic N) is 1. The molecule has 0 aliphatic heterocycles. The van der Waals surface area contributed by atoms with E-state index in [0.717, 1.165) is 25.1 Å². The molecule has 0 spiro atoms. The van der Waals surface area contributed by atoms with E-state index < -0.39 is 12.1 Å². The third kappa shape index (κ3) is 5.28. The fraction of sp³-hybridized carbons (Fsp3) is 0.533. The van der Waals surface area contributed by atoms with Gasteiger partial charge < -0.3 is 9.64 Å². The third-order valence-corrected chi connectivity index (χ3v) is 2.83. The molecule has 0 aliphatic carbocycles. The maximum absolute atomic E-state index is 13.8. The second kappa shape index (κ2) is 8.51. The summed E-state index contributed by atoms with van der Waals surface area (Å²) in [4.78, 5) is 13.3. The molecule has 0 bridgehead atoms. The predicted molar refractivity (Wildman–Crippen MR) is 75.1 cm³/mol. The molecule has 0 radical (unpaired) electrons. The van der Waals surface area contributed by atoms with Gasteiger partial charge in [0.25, 0.3) is 0 Å². The molecule has 0 heterocycles. The van der Waals surface area contributed by atoms with Crippen molar-refractivity contribution in [2.24, 2.45) is 0 Å². The van der Waals surface area contributed by atoms with Crippen LogP contribution < -0.4 is 4.90 Å². The van der Waals surface area contributed by atoms with Crippen molar-refractivity contribution in [1.82, 2.24) is 0 Å².